The number of amides is 1. The zero-order chi connectivity index (χ0) is 17.3. The normalized spacial score (nSPS) is 19.5. The number of benzene rings is 1. The maximum absolute atomic E-state index is 11.6. The summed E-state index contributed by atoms with van der Waals surface area (Å²) in [5.74, 6) is 0.187. The Labute approximate surface area is 149 Å². The summed E-state index contributed by atoms with van der Waals surface area (Å²) in [5, 5.41) is 7.20. The molecule has 0 spiro atoms. The first-order valence-electron chi connectivity index (χ1n) is 7.35. The molecule has 1 unspecified atom stereocenters. The van der Waals surface area contributed by atoms with E-state index in [1.807, 2.05) is 50.2 Å². The van der Waals surface area contributed by atoms with Gasteiger partial charge in [0.1, 0.15) is 5.82 Å². The Balaban J connectivity index is 2.08. The van der Waals surface area contributed by atoms with Gasteiger partial charge >= 0.3 is 0 Å². The van der Waals surface area contributed by atoms with Crippen molar-refractivity contribution in [3.8, 4) is 0 Å². The van der Waals surface area contributed by atoms with Crippen molar-refractivity contribution in [1.82, 2.24) is 10.3 Å². The van der Waals surface area contributed by atoms with Crippen LogP contribution in [0.25, 0.3) is 0 Å². The third-order valence-corrected chi connectivity index (χ3v) is 5.26. The lowest BCUT2D eigenvalue weighted by molar-refractivity contribution is -0.113. The molecule has 0 fully saturated rings. The highest BCUT2D eigenvalue weighted by Gasteiger charge is 2.41. The van der Waals surface area contributed by atoms with Crippen LogP contribution in [0.3, 0.4) is 0 Å². The molecule has 2 heterocycles. The smallest absolute Gasteiger partial charge is 0.256 e. The number of halogens is 1. The minimum absolute atomic E-state index is 0.425. The molecule has 0 aliphatic carbocycles. The molecule has 0 saturated heterocycles. The molecule has 5 nitrogen and oxygen atoms in total. The van der Waals surface area contributed by atoms with Gasteiger partial charge in [-0.2, -0.15) is 0 Å². The molecule has 1 atom stereocenters. The largest absolute Gasteiger partial charge is 0.365 e. The van der Waals surface area contributed by atoms with E-state index < -0.39 is 10.9 Å². The molecule has 2 aromatic rings. The van der Waals surface area contributed by atoms with Gasteiger partial charge in [0.2, 0.25) is 0 Å². The molecule has 4 N–H and O–H groups in total. The van der Waals surface area contributed by atoms with Gasteiger partial charge in [0, 0.05) is 22.5 Å². The SMILES string of the molecule is Cc1cccc(NC2(c3c(C)cccc3Cl)NC=C(C(N)=O)S2)n1. The number of thioether (sulfide) groups is 1. The number of carbonyl (C=O) groups excluding carboxylic acids is 1. The van der Waals surface area contributed by atoms with E-state index in [0.717, 1.165) is 16.8 Å². The number of rotatable bonds is 4. The molecule has 0 radical (unpaired) electrons. The van der Waals surface area contributed by atoms with Crippen LogP contribution >= 0.6 is 23.4 Å². The molecule has 1 aromatic heterocycles. The van der Waals surface area contributed by atoms with Crippen molar-refractivity contribution in [2.24, 2.45) is 5.73 Å². The minimum atomic E-state index is -0.854. The summed E-state index contributed by atoms with van der Waals surface area (Å²) in [6.45, 7) is 3.89. The third kappa shape index (κ3) is 3.07. The van der Waals surface area contributed by atoms with Crippen molar-refractivity contribution in [3.63, 3.8) is 0 Å². The van der Waals surface area contributed by atoms with Crippen molar-refractivity contribution < 1.29 is 4.79 Å². The van der Waals surface area contributed by atoms with Crippen molar-refractivity contribution in [2.75, 3.05) is 5.32 Å². The Morgan fingerprint density at radius 3 is 2.67 bits per heavy atom. The zero-order valence-corrected chi connectivity index (χ0v) is 14.8. The number of nitrogens with two attached hydrogens (primary N) is 1. The Morgan fingerprint density at radius 2 is 2.04 bits per heavy atom. The average molecular weight is 361 g/mol. The highest BCUT2D eigenvalue weighted by molar-refractivity contribution is 8.05. The van der Waals surface area contributed by atoms with Crippen LogP contribution in [0, 0.1) is 13.8 Å². The Kier molecular flexibility index (Phi) is 4.43. The lowest BCUT2D eigenvalue weighted by Gasteiger charge is -2.33. The van der Waals surface area contributed by atoms with Crippen LogP contribution in [0.4, 0.5) is 5.82 Å². The number of aromatic nitrogens is 1. The van der Waals surface area contributed by atoms with E-state index in [1.165, 1.54) is 11.8 Å². The van der Waals surface area contributed by atoms with E-state index in [1.54, 1.807) is 6.20 Å². The summed E-state index contributed by atoms with van der Waals surface area (Å²) in [4.78, 5) is 15.7. The summed E-state index contributed by atoms with van der Waals surface area (Å²) in [6, 6.07) is 11.4. The molecule has 24 heavy (non-hydrogen) atoms. The fourth-order valence-corrected chi connectivity index (χ4v) is 4.24. The predicted molar refractivity (Wildman–Crippen MR) is 98.5 cm³/mol. The fraction of sp³-hybridized carbons (Fsp3) is 0.176. The highest BCUT2D eigenvalue weighted by Crippen LogP contribution is 2.46. The number of hydrogen-bond acceptors (Lipinski definition) is 5. The van der Waals surface area contributed by atoms with E-state index in [4.69, 9.17) is 17.3 Å². The van der Waals surface area contributed by atoms with Crippen LogP contribution in [-0.4, -0.2) is 10.9 Å². The van der Waals surface area contributed by atoms with Gasteiger partial charge in [-0.3, -0.25) is 4.79 Å². The van der Waals surface area contributed by atoms with Crippen LogP contribution in [0.15, 0.2) is 47.5 Å². The number of pyridine rings is 1. The topological polar surface area (TPSA) is 80.0 Å². The maximum atomic E-state index is 11.6. The summed E-state index contributed by atoms with van der Waals surface area (Å²) in [5.41, 5.74) is 8.16. The van der Waals surface area contributed by atoms with Gasteiger partial charge in [-0.15, -0.1) is 0 Å². The van der Waals surface area contributed by atoms with E-state index in [-0.39, 0.29) is 0 Å². The van der Waals surface area contributed by atoms with Crippen LogP contribution < -0.4 is 16.4 Å². The summed E-state index contributed by atoms with van der Waals surface area (Å²) < 4.78 is 0. The lowest BCUT2D eigenvalue weighted by atomic mass is 10.1. The molecule has 124 valence electrons. The standard InChI is InChI=1S/C17H17ClN4OS/c1-10-5-3-7-12(18)15(10)17(20-9-13(24-17)16(19)23)22-14-8-4-6-11(2)21-14/h3-9,20H,1-2H3,(H2,19,23)(H,21,22). The van der Waals surface area contributed by atoms with Gasteiger partial charge < -0.3 is 16.4 Å². The molecule has 1 aliphatic heterocycles. The summed E-state index contributed by atoms with van der Waals surface area (Å²) in [6.07, 6.45) is 1.61. The van der Waals surface area contributed by atoms with Crippen molar-refractivity contribution in [3.05, 3.63) is 69.3 Å². The second kappa shape index (κ2) is 6.37. The van der Waals surface area contributed by atoms with Gasteiger partial charge in [0.05, 0.1) is 4.91 Å². The Hall–Kier alpha value is -2.18. The molecule has 1 aliphatic rings. The first-order valence-corrected chi connectivity index (χ1v) is 8.55. The van der Waals surface area contributed by atoms with Crippen LogP contribution in [0.1, 0.15) is 16.8 Å². The van der Waals surface area contributed by atoms with Crippen LogP contribution in [0.5, 0.6) is 0 Å². The first-order chi connectivity index (χ1) is 11.4. The molecule has 1 aromatic carbocycles. The molecule has 0 saturated carbocycles. The second-order valence-electron chi connectivity index (χ2n) is 5.52. The highest BCUT2D eigenvalue weighted by atomic mass is 35.5. The number of nitrogens with one attached hydrogen (secondary N) is 2. The molecule has 0 bridgehead atoms. The number of nitrogens with zero attached hydrogens (tertiary/aromatic N) is 1. The van der Waals surface area contributed by atoms with Gasteiger partial charge in [-0.05, 0) is 37.6 Å². The van der Waals surface area contributed by atoms with Crippen LogP contribution in [0.2, 0.25) is 5.02 Å². The minimum Gasteiger partial charge on any atom is -0.365 e. The fourth-order valence-electron chi connectivity index (χ4n) is 2.63. The van der Waals surface area contributed by atoms with Crippen LogP contribution in [-0.2, 0) is 9.79 Å². The number of aryl methyl sites for hydroxylation is 2. The predicted octanol–water partition coefficient (Wildman–Crippen LogP) is 3.24. The molecule has 1 amide bonds. The van der Waals surface area contributed by atoms with Crippen molar-refractivity contribution >= 4 is 35.1 Å². The average Bonchev–Trinajstić information content (AvgIpc) is 2.92. The van der Waals surface area contributed by atoms with E-state index >= 15 is 0 Å². The van der Waals surface area contributed by atoms with Gasteiger partial charge in [-0.25, -0.2) is 4.98 Å². The Bertz CT molecular complexity index is 819. The number of anilines is 1. The molecular weight excluding hydrogens is 344 g/mol. The van der Waals surface area contributed by atoms with Gasteiger partial charge in [0.25, 0.3) is 5.91 Å². The van der Waals surface area contributed by atoms with Gasteiger partial charge in [-0.1, -0.05) is 41.6 Å². The zero-order valence-electron chi connectivity index (χ0n) is 13.3. The molecular formula is C17H17ClN4OS. The molecule has 7 heteroatoms. The lowest BCUT2D eigenvalue weighted by Crippen LogP contribution is -2.42. The third-order valence-electron chi connectivity index (χ3n) is 3.68. The Morgan fingerprint density at radius 1 is 1.29 bits per heavy atom. The number of hydrogen-bond donors (Lipinski definition) is 3. The summed E-state index contributed by atoms with van der Waals surface area (Å²) >= 11 is 7.76. The maximum Gasteiger partial charge on any atom is 0.256 e. The van der Waals surface area contributed by atoms with Crippen molar-refractivity contribution in [2.45, 2.75) is 18.8 Å². The van der Waals surface area contributed by atoms with E-state index in [2.05, 4.69) is 15.6 Å². The molecule has 3 rings (SSSR count). The first kappa shape index (κ1) is 16.7. The van der Waals surface area contributed by atoms with Gasteiger partial charge in [0.15, 0.2) is 4.99 Å². The number of primary amides is 1. The monoisotopic (exact) mass is 360 g/mol. The van der Waals surface area contributed by atoms with E-state index in [9.17, 15) is 4.79 Å². The number of carbonyl (C=O) groups is 1. The second-order valence-corrected chi connectivity index (χ2v) is 7.18. The quantitative estimate of drug-likeness (QED) is 0.780. The summed E-state index contributed by atoms with van der Waals surface area (Å²) in [7, 11) is 0. The van der Waals surface area contributed by atoms with Crippen molar-refractivity contribution in [1.29, 1.82) is 0 Å². The van der Waals surface area contributed by atoms with E-state index in [0.29, 0.717) is 15.7 Å².